The Morgan fingerprint density at radius 3 is 2.69 bits per heavy atom. The minimum absolute atomic E-state index is 0.651. The van der Waals surface area contributed by atoms with Gasteiger partial charge in [-0.25, -0.2) is 0 Å². The van der Waals surface area contributed by atoms with Gasteiger partial charge in [0.2, 0.25) is 0 Å². The normalized spacial score (nSPS) is 10.6. The molecule has 0 aliphatic heterocycles. The van der Waals surface area contributed by atoms with Crippen molar-refractivity contribution in [2.75, 3.05) is 12.3 Å². The molecule has 0 fully saturated rings. The van der Waals surface area contributed by atoms with Crippen molar-refractivity contribution >= 4 is 11.8 Å². The van der Waals surface area contributed by atoms with E-state index in [9.17, 15) is 0 Å². The van der Waals surface area contributed by atoms with Crippen molar-refractivity contribution in [1.29, 1.82) is 0 Å². The fourth-order valence-electron chi connectivity index (χ4n) is 1.43. The highest BCUT2D eigenvalue weighted by molar-refractivity contribution is 7.99. The van der Waals surface area contributed by atoms with Gasteiger partial charge in [-0.15, -0.1) is 10.2 Å². The summed E-state index contributed by atoms with van der Waals surface area (Å²) in [5, 5.41) is 9.25. The fraction of sp³-hybridized carbons (Fsp3) is 0.273. The summed E-state index contributed by atoms with van der Waals surface area (Å²) in [6, 6.07) is 10.0. The van der Waals surface area contributed by atoms with Gasteiger partial charge >= 0.3 is 0 Å². The molecule has 2 rings (SSSR count). The van der Waals surface area contributed by atoms with Crippen LogP contribution in [0, 0.1) is 0 Å². The summed E-state index contributed by atoms with van der Waals surface area (Å²) in [5.74, 6) is 1.75. The van der Waals surface area contributed by atoms with Gasteiger partial charge in [0.15, 0.2) is 11.0 Å². The van der Waals surface area contributed by atoms with Gasteiger partial charge in [-0.3, -0.25) is 0 Å². The summed E-state index contributed by atoms with van der Waals surface area (Å²) in [4.78, 5) is 0. The van der Waals surface area contributed by atoms with Crippen molar-refractivity contribution in [1.82, 2.24) is 14.8 Å². The Morgan fingerprint density at radius 1 is 1.25 bits per heavy atom. The first-order chi connectivity index (χ1) is 7.83. The van der Waals surface area contributed by atoms with Gasteiger partial charge in [0.05, 0.1) is 0 Å². The molecule has 0 unspecified atom stereocenters. The lowest BCUT2D eigenvalue weighted by Gasteiger charge is -2.02. The number of rotatable bonds is 4. The first kappa shape index (κ1) is 11.2. The largest absolute Gasteiger partial charge is 0.330 e. The van der Waals surface area contributed by atoms with Crippen LogP contribution in [0.25, 0.3) is 11.4 Å². The zero-order valence-electron chi connectivity index (χ0n) is 9.13. The number of hydrogen-bond donors (Lipinski definition) is 1. The van der Waals surface area contributed by atoms with Crippen LogP contribution in [0.4, 0.5) is 0 Å². The van der Waals surface area contributed by atoms with Crippen LogP contribution in [0.1, 0.15) is 0 Å². The molecule has 2 aromatic rings. The summed E-state index contributed by atoms with van der Waals surface area (Å²) in [5.41, 5.74) is 6.55. The summed E-state index contributed by atoms with van der Waals surface area (Å²) in [6.07, 6.45) is 0. The van der Waals surface area contributed by atoms with Crippen LogP contribution in [-0.2, 0) is 7.05 Å². The van der Waals surface area contributed by atoms with Gasteiger partial charge < -0.3 is 10.3 Å². The third-order valence-electron chi connectivity index (χ3n) is 2.22. The maximum atomic E-state index is 5.47. The minimum atomic E-state index is 0.651. The molecule has 2 N–H and O–H groups in total. The van der Waals surface area contributed by atoms with Crippen LogP contribution >= 0.6 is 11.8 Å². The molecule has 5 heteroatoms. The standard InChI is InChI=1S/C11H14N4S/c1-15-10(9-5-3-2-4-6-9)13-14-11(15)16-8-7-12/h2-6H,7-8,12H2,1H3. The first-order valence-electron chi connectivity index (χ1n) is 5.10. The molecule has 0 saturated heterocycles. The summed E-state index contributed by atoms with van der Waals surface area (Å²) in [7, 11) is 1.97. The van der Waals surface area contributed by atoms with Crippen LogP contribution < -0.4 is 5.73 Å². The van der Waals surface area contributed by atoms with Gasteiger partial charge in [-0.1, -0.05) is 42.1 Å². The Kier molecular flexibility index (Phi) is 3.58. The first-order valence-corrected chi connectivity index (χ1v) is 6.09. The van der Waals surface area contributed by atoms with Gasteiger partial charge in [-0.05, 0) is 0 Å². The van der Waals surface area contributed by atoms with Gasteiger partial charge in [0, 0.05) is 24.9 Å². The molecule has 0 aliphatic carbocycles. The van der Waals surface area contributed by atoms with E-state index in [0.29, 0.717) is 6.54 Å². The molecule has 0 saturated carbocycles. The van der Waals surface area contributed by atoms with E-state index in [-0.39, 0.29) is 0 Å². The number of nitrogens with zero attached hydrogens (tertiary/aromatic N) is 3. The molecule has 84 valence electrons. The van der Waals surface area contributed by atoms with Crippen LogP contribution in [0.5, 0.6) is 0 Å². The van der Waals surface area contributed by atoms with E-state index in [1.54, 1.807) is 11.8 Å². The number of nitrogens with two attached hydrogens (primary N) is 1. The predicted molar refractivity (Wildman–Crippen MR) is 66.2 cm³/mol. The van der Waals surface area contributed by atoms with Gasteiger partial charge in [0.25, 0.3) is 0 Å². The number of benzene rings is 1. The van der Waals surface area contributed by atoms with Gasteiger partial charge in [-0.2, -0.15) is 0 Å². The SMILES string of the molecule is Cn1c(SCCN)nnc1-c1ccccc1. The van der Waals surface area contributed by atoms with E-state index in [0.717, 1.165) is 22.3 Å². The molecule has 0 radical (unpaired) electrons. The Labute approximate surface area is 98.9 Å². The molecule has 0 aliphatic rings. The van der Waals surface area contributed by atoms with E-state index in [4.69, 9.17) is 5.73 Å². The molecule has 0 bridgehead atoms. The second-order valence-electron chi connectivity index (χ2n) is 3.37. The predicted octanol–water partition coefficient (Wildman–Crippen LogP) is 1.53. The summed E-state index contributed by atoms with van der Waals surface area (Å²) >= 11 is 1.63. The zero-order valence-corrected chi connectivity index (χ0v) is 9.94. The lowest BCUT2D eigenvalue weighted by molar-refractivity contribution is 0.793. The highest BCUT2D eigenvalue weighted by Gasteiger charge is 2.09. The number of aromatic nitrogens is 3. The molecule has 0 amide bonds. The third kappa shape index (κ3) is 2.25. The van der Waals surface area contributed by atoms with E-state index in [1.165, 1.54) is 0 Å². The number of hydrogen-bond acceptors (Lipinski definition) is 4. The molecule has 1 heterocycles. The van der Waals surface area contributed by atoms with E-state index in [1.807, 2.05) is 41.9 Å². The van der Waals surface area contributed by atoms with E-state index in [2.05, 4.69) is 10.2 Å². The summed E-state index contributed by atoms with van der Waals surface area (Å²) < 4.78 is 2.00. The van der Waals surface area contributed by atoms with Crippen LogP contribution in [0.15, 0.2) is 35.5 Å². The molecule has 1 aromatic heterocycles. The minimum Gasteiger partial charge on any atom is -0.330 e. The van der Waals surface area contributed by atoms with E-state index < -0.39 is 0 Å². The Morgan fingerprint density at radius 2 is 2.00 bits per heavy atom. The topological polar surface area (TPSA) is 56.7 Å². The maximum Gasteiger partial charge on any atom is 0.191 e. The fourth-order valence-corrected chi connectivity index (χ4v) is 2.11. The van der Waals surface area contributed by atoms with Crippen LogP contribution in [0.3, 0.4) is 0 Å². The van der Waals surface area contributed by atoms with Gasteiger partial charge in [0.1, 0.15) is 0 Å². The highest BCUT2D eigenvalue weighted by Crippen LogP contribution is 2.21. The average Bonchev–Trinajstić information content (AvgIpc) is 2.69. The Hall–Kier alpha value is -1.33. The lowest BCUT2D eigenvalue weighted by atomic mass is 10.2. The van der Waals surface area contributed by atoms with Crippen molar-refractivity contribution < 1.29 is 0 Å². The van der Waals surface area contributed by atoms with Crippen LogP contribution in [0.2, 0.25) is 0 Å². The average molecular weight is 234 g/mol. The lowest BCUT2D eigenvalue weighted by Crippen LogP contribution is -2.03. The smallest absolute Gasteiger partial charge is 0.191 e. The maximum absolute atomic E-state index is 5.47. The van der Waals surface area contributed by atoms with E-state index >= 15 is 0 Å². The Balaban J connectivity index is 2.27. The third-order valence-corrected chi connectivity index (χ3v) is 3.27. The highest BCUT2D eigenvalue weighted by atomic mass is 32.2. The summed E-state index contributed by atoms with van der Waals surface area (Å²) in [6.45, 7) is 0.651. The van der Waals surface area contributed by atoms with Crippen molar-refractivity contribution in [2.24, 2.45) is 12.8 Å². The molecule has 0 spiro atoms. The monoisotopic (exact) mass is 234 g/mol. The molecule has 4 nitrogen and oxygen atoms in total. The van der Waals surface area contributed by atoms with Crippen LogP contribution in [-0.4, -0.2) is 27.1 Å². The quantitative estimate of drug-likeness (QED) is 0.815. The van der Waals surface area contributed by atoms with Crippen molar-refractivity contribution in [2.45, 2.75) is 5.16 Å². The van der Waals surface area contributed by atoms with Crippen molar-refractivity contribution in [3.8, 4) is 11.4 Å². The zero-order chi connectivity index (χ0) is 11.4. The molecule has 16 heavy (non-hydrogen) atoms. The molecular weight excluding hydrogens is 220 g/mol. The van der Waals surface area contributed by atoms with Crippen molar-refractivity contribution in [3.63, 3.8) is 0 Å². The molecule has 0 atom stereocenters. The second kappa shape index (κ2) is 5.14. The Bertz CT molecular complexity index is 452. The number of thioether (sulfide) groups is 1. The molecule has 1 aromatic carbocycles. The van der Waals surface area contributed by atoms with Crippen molar-refractivity contribution in [3.05, 3.63) is 30.3 Å². The second-order valence-corrected chi connectivity index (χ2v) is 4.43. The molecular formula is C11H14N4S.